The summed E-state index contributed by atoms with van der Waals surface area (Å²) >= 11 is -2.71. The first-order chi connectivity index (χ1) is 18.3. The van der Waals surface area contributed by atoms with Gasteiger partial charge in [-0.2, -0.15) is 0 Å². The van der Waals surface area contributed by atoms with Crippen LogP contribution >= 0.6 is 0 Å². The molecule has 2 atom stereocenters. The number of fused-ring (bicyclic) bond motifs is 1. The summed E-state index contributed by atoms with van der Waals surface area (Å²) in [6.07, 6.45) is 0.288. The Balaban J connectivity index is 2.14. The summed E-state index contributed by atoms with van der Waals surface area (Å²) < 4.78 is 52.5. The zero-order chi connectivity index (χ0) is 28.6. The predicted molar refractivity (Wildman–Crippen MR) is 149 cm³/mol. The van der Waals surface area contributed by atoms with Gasteiger partial charge in [-0.3, -0.25) is 4.21 Å². The van der Waals surface area contributed by atoms with Crippen molar-refractivity contribution in [3.05, 3.63) is 70.0 Å². The van der Waals surface area contributed by atoms with E-state index in [9.17, 15) is 23.1 Å². The third kappa shape index (κ3) is 6.00. The molecule has 7 nitrogen and oxygen atoms in total. The molecular weight excluding hydrogens is 521 g/mol. The highest BCUT2D eigenvalue weighted by Gasteiger charge is 2.34. The van der Waals surface area contributed by atoms with E-state index in [0.29, 0.717) is 45.6 Å². The van der Waals surface area contributed by atoms with Crippen molar-refractivity contribution in [3.63, 3.8) is 0 Å². The smallest absolute Gasteiger partial charge is 0.337 e. The van der Waals surface area contributed by atoms with Crippen LogP contribution in [-0.2, 0) is 27.2 Å². The van der Waals surface area contributed by atoms with E-state index in [1.165, 1.54) is 6.07 Å². The molecule has 0 amide bonds. The number of aryl methyl sites for hydroxylation is 2. The highest BCUT2D eigenvalue weighted by Crippen LogP contribution is 2.47. The van der Waals surface area contributed by atoms with Crippen LogP contribution in [0.25, 0.3) is 22.3 Å². The molecule has 39 heavy (non-hydrogen) atoms. The molecule has 3 aromatic carbocycles. The van der Waals surface area contributed by atoms with Crippen molar-refractivity contribution < 1.29 is 32.5 Å². The van der Waals surface area contributed by atoms with Gasteiger partial charge in [-0.05, 0) is 118 Å². The zero-order valence-electron chi connectivity index (χ0n) is 22.9. The minimum atomic E-state index is -2.71. The summed E-state index contributed by atoms with van der Waals surface area (Å²) in [5, 5.41) is 10.4. The first-order valence-corrected chi connectivity index (χ1v) is 13.8. The molecule has 1 aliphatic heterocycles. The van der Waals surface area contributed by atoms with E-state index in [1.54, 1.807) is 46.8 Å². The molecule has 2 unspecified atom stereocenters. The summed E-state index contributed by atoms with van der Waals surface area (Å²) in [6.45, 7) is 11.1. The number of anilines is 1. The van der Waals surface area contributed by atoms with Gasteiger partial charge in [0.15, 0.2) is 6.10 Å². The van der Waals surface area contributed by atoms with Gasteiger partial charge >= 0.3 is 5.97 Å². The van der Waals surface area contributed by atoms with Crippen LogP contribution in [0.5, 0.6) is 5.75 Å². The number of nitrogens with one attached hydrogen (secondary N) is 1. The summed E-state index contributed by atoms with van der Waals surface area (Å²) in [4.78, 5) is 12.7. The van der Waals surface area contributed by atoms with Gasteiger partial charge in [0, 0.05) is 22.4 Å². The average molecular weight is 555 g/mol. The second-order valence-electron chi connectivity index (χ2n) is 10.8. The highest BCUT2D eigenvalue weighted by atomic mass is 32.2. The van der Waals surface area contributed by atoms with E-state index in [0.717, 1.165) is 29.7 Å². The summed E-state index contributed by atoms with van der Waals surface area (Å²) in [5.41, 5.74) is 4.71. The molecule has 3 aromatic rings. The highest BCUT2D eigenvalue weighted by molar-refractivity contribution is 7.80. The number of carboxylic acid groups (broad SMARTS) is 1. The Morgan fingerprint density at radius 3 is 2.38 bits per heavy atom. The fourth-order valence-corrected chi connectivity index (χ4v) is 5.62. The maximum Gasteiger partial charge on any atom is 0.337 e. The fraction of sp³-hybridized carbons (Fsp3) is 0.367. The summed E-state index contributed by atoms with van der Waals surface area (Å²) in [6, 6.07) is 10.3. The Labute approximate surface area is 230 Å². The Bertz CT molecular complexity index is 1460. The number of hydrogen-bond donors (Lipinski definition) is 2. The largest absolute Gasteiger partial charge is 0.755 e. The predicted octanol–water partition coefficient (Wildman–Crippen LogP) is 6.56. The number of aliphatic carboxylic acids is 1. The molecule has 0 saturated heterocycles. The summed E-state index contributed by atoms with van der Waals surface area (Å²) in [7, 11) is 0. The van der Waals surface area contributed by atoms with Crippen LogP contribution in [-0.4, -0.2) is 32.0 Å². The molecule has 0 fully saturated rings. The van der Waals surface area contributed by atoms with Gasteiger partial charge < -0.3 is 23.9 Å². The minimum absolute atomic E-state index is 0.218. The van der Waals surface area contributed by atoms with E-state index in [4.69, 9.17) is 9.47 Å². The molecule has 0 radical (unpaired) electrons. The lowest BCUT2D eigenvalue weighted by molar-refractivity contribution is -0.160. The molecule has 208 valence electrons. The fourth-order valence-electron chi connectivity index (χ4n) is 5.20. The number of carbonyl (C=O) groups is 1. The lowest BCUT2D eigenvalue weighted by Gasteiger charge is -2.31. The third-order valence-corrected chi connectivity index (χ3v) is 7.21. The molecular formula is C30H33FNO6S-. The van der Waals surface area contributed by atoms with Gasteiger partial charge in [-0.1, -0.05) is 12.1 Å². The summed E-state index contributed by atoms with van der Waals surface area (Å²) in [5.74, 6) is -0.795. The number of carboxylic acids is 1. The number of benzene rings is 3. The van der Waals surface area contributed by atoms with Crippen LogP contribution in [0, 0.1) is 26.6 Å². The lowest BCUT2D eigenvalue weighted by atomic mass is 9.82. The Morgan fingerprint density at radius 2 is 1.77 bits per heavy atom. The van der Waals surface area contributed by atoms with Gasteiger partial charge in [0.25, 0.3) is 0 Å². The quantitative estimate of drug-likeness (QED) is 0.321. The van der Waals surface area contributed by atoms with E-state index >= 15 is 0 Å². The minimum Gasteiger partial charge on any atom is -0.755 e. The molecule has 2 N–H and O–H groups in total. The van der Waals surface area contributed by atoms with E-state index in [1.807, 2.05) is 25.1 Å². The van der Waals surface area contributed by atoms with Crippen molar-refractivity contribution in [2.75, 3.05) is 11.3 Å². The maximum atomic E-state index is 14.2. The number of ether oxygens (including phenoxy) is 2. The standard InChI is InChI=1S/C30H34FNO6S/c1-16-14-20(9-11-22(16)31)25-17(2)24(21-10-12-23-19(15-21)8-7-13-37-23)26(18(3)27(25)32-39(35)36)28(29(33)34)38-30(4,5)6/h9-12,14-15,28,32H,7-8,13H2,1-6H3,(H,33,34)(H,35,36)/p-1. The molecule has 4 rings (SSSR count). The Morgan fingerprint density at radius 1 is 1.10 bits per heavy atom. The number of rotatable bonds is 7. The topological polar surface area (TPSA) is 108 Å². The van der Waals surface area contributed by atoms with Crippen molar-refractivity contribution in [2.24, 2.45) is 0 Å². The normalized spacial score (nSPS) is 14.8. The van der Waals surface area contributed by atoms with Crippen LogP contribution < -0.4 is 9.46 Å². The second-order valence-corrected chi connectivity index (χ2v) is 11.5. The van der Waals surface area contributed by atoms with Gasteiger partial charge in [-0.15, -0.1) is 0 Å². The molecule has 1 heterocycles. The van der Waals surface area contributed by atoms with Gasteiger partial charge in [0.2, 0.25) is 0 Å². The Hall–Kier alpha value is -3.27. The van der Waals surface area contributed by atoms with Crippen LogP contribution in [0.4, 0.5) is 10.1 Å². The van der Waals surface area contributed by atoms with Crippen LogP contribution in [0.15, 0.2) is 36.4 Å². The molecule has 0 aromatic heterocycles. The lowest BCUT2D eigenvalue weighted by Crippen LogP contribution is -2.29. The average Bonchev–Trinajstić information content (AvgIpc) is 2.85. The first kappa shape index (κ1) is 28.7. The van der Waals surface area contributed by atoms with Gasteiger partial charge in [0.1, 0.15) is 11.6 Å². The van der Waals surface area contributed by atoms with E-state index in [2.05, 4.69) is 4.72 Å². The zero-order valence-corrected chi connectivity index (χ0v) is 23.8. The molecule has 0 bridgehead atoms. The molecule has 0 saturated carbocycles. The SMILES string of the molecule is Cc1cc(-c2c(C)c(-c3ccc4c(c3)CCCO4)c(C(OC(C)(C)C)C(=O)O)c(C)c2NS(=O)[O-])ccc1F. The van der Waals surface area contributed by atoms with E-state index in [-0.39, 0.29) is 11.5 Å². The van der Waals surface area contributed by atoms with Gasteiger partial charge in [-0.25, -0.2) is 9.18 Å². The van der Waals surface area contributed by atoms with Crippen molar-refractivity contribution in [1.29, 1.82) is 0 Å². The second kappa shape index (κ2) is 11.1. The molecule has 9 heteroatoms. The van der Waals surface area contributed by atoms with Crippen LogP contribution in [0.1, 0.15) is 61.1 Å². The third-order valence-electron chi connectivity index (χ3n) is 6.84. The maximum absolute atomic E-state index is 14.2. The number of hydrogen-bond acceptors (Lipinski definition) is 5. The molecule has 1 aliphatic rings. The Kier molecular flexibility index (Phi) is 8.16. The molecule has 0 aliphatic carbocycles. The van der Waals surface area contributed by atoms with Crippen LogP contribution in [0.2, 0.25) is 0 Å². The molecule has 0 spiro atoms. The monoisotopic (exact) mass is 554 g/mol. The van der Waals surface area contributed by atoms with E-state index < -0.39 is 28.9 Å². The van der Waals surface area contributed by atoms with Crippen molar-refractivity contribution in [1.82, 2.24) is 0 Å². The number of halogens is 1. The van der Waals surface area contributed by atoms with Crippen molar-refractivity contribution in [2.45, 2.75) is 66.1 Å². The first-order valence-electron chi connectivity index (χ1n) is 12.7. The van der Waals surface area contributed by atoms with Gasteiger partial charge in [0.05, 0.1) is 17.9 Å². The van der Waals surface area contributed by atoms with Crippen molar-refractivity contribution in [3.8, 4) is 28.0 Å². The van der Waals surface area contributed by atoms with Crippen molar-refractivity contribution >= 4 is 22.9 Å². The van der Waals surface area contributed by atoms with Crippen LogP contribution in [0.3, 0.4) is 0 Å².